The van der Waals surface area contributed by atoms with E-state index in [9.17, 15) is 4.79 Å². The average molecular weight is 393 g/mol. The summed E-state index contributed by atoms with van der Waals surface area (Å²) in [5.74, 6) is 1.39. The van der Waals surface area contributed by atoms with E-state index in [0.717, 1.165) is 25.2 Å². The van der Waals surface area contributed by atoms with E-state index in [2.05, 4.69) is 50.4 Å². The van der Waals surface area contributed by atoms with Crippen LogP contribution in [0.2, 0.25) is 0 Å². The molecule has 146 valence electrons. The number of nitrogens with one attached hydrogen (secondary N) is 4. The van der Waals surface area contributed by atoms with Crippen LogP contribution in [0.25, 0.3) is 5.95 Å². The maximum Gasteiger partial charge on any atom is 0.252 e. The zero-order valence-electron chi connectivity index (χ0n) is 15.3. The van der Waals surface area contributed by atoms with Crippen molar-refractivity contribution in [1.29, 1.82) is 0 Å². The van der Waals surface area contributed by atoms with E-state index in [-0.39, 0.29) is 36.2 Å². The number of aromatic nitrogens is 4. The highest BCUT2D eigenvalue weighted by molar-refractivity contribution is 5.95. The van der Waals surface area contributed by atoms with Crippen LogP contribution in [0.4, 0.5) is 5.82 Å². The number of amides is 1. The number of hydrogen-bond acceptors (Lipinski definition) is 7. The number of rotatable bonds is 4. The molecule has 2 aromatic heterocycles. The monoisotopic (exact) mass is 392 g/mol. The predicted molar refractivity (Wildman–Crippen MR) is 104 cm³/mol. The van der Waals surface area contributed by atoms with Crippen molar-refractivity contribution in [3.05, 3.63) is 30.2 Å². The van der Waals surface area contributed by atoms with Crippen LogP contribution in [0.5, 0.6) is 0 Å². The highest BCUT2D eigenvalue weighted by Crippen LogP contribution is 2.23. The van der Waals surface area contributed by atoms with Gasteiger partial charge < -0.3 is 10.6 Å². The lowest BCUT2D eigenvalue weighted by Gasteiger charge is -2.27. The van der Waals surface area contributed by atoms with Crippen LogP contribution in [0.15, 0.2) is 24.5 Å². The zero-order chi connectivity index (χ0) is 18.1. The minimum Gasteiger partial charge on any atom is -0.316 e. The molecule has 1 amide bonds. The highest BCUT2D eigenvalue weighted by Gasteiger charge is 2.41. The number of halogens is 1. The molecule has 0 spiro atoms. The normalized spacial score (nSPS) is 24.3. The third kappa shape index (κ3) is 3.96. The quantitative estimate of drug-likeness (QED) is 0.603. The Morgan fingerprint density at radius 2 is 2.07 bits per heavy atom. The molecule has 2 saturated heterocycles. The predicted octanol–water partition coefficient (Wildman–Crippen LogP) is 0.601. The van der Waals surface area contributed by atoms with Gasteiger partial charge >= 0.3 is 0 Å². The summed E-state index contributed by atoms with van der Waals surface area (Å²) in [4.78, 5) is 21.4. The number of carbonyl (C=O) groups excluding carboxylic acids is 1. The first kappa shape index (κ1) is 19.7. The van der Waals surface area contributed by atoms with E-state index in [1.165, 1.54) is 0 Å². The molecule has 2 aliphatic heterocycles. The molecular formula is C17H25ClN8O. The largest absolute Gasteiger partial charge is 0.316 e. The molecule has 0 radical (unpaired) electrons. The lowest BCUT2D eigenvalue weighted by Crippen LogP contribution is -2.47. The van der Waals surface area contributed by atoms with Gasteiger partial charge in [-0.2, -0.15) is 9.78 Å². The lowest BCUT2D eigenvalue weighted by molar-refractivity contribution is -0.118. The topological polar surface area (TPSA) is 109 Å². The SMILES string of the molecule is CC(C)c1cc(NC(=O)C2NNC3CCNCC32)n(-c2ncccn2)n1.Cl. The summed E-state index contributed by atoms with van der Waals surface area (Å²) in [6.07, 6.45) is 4.32. The Morgan fingerprint density at radius 3 is 2.81 bits per heavy atom. The van der Waals surface area contributed by atoms with Crippen molar-refractivity contribution in [2.45, 2.75) is 38.3 Å². The molecule has 0 bridgehead atoms. The Bertz CT molecular complexity index is 780. The van der Waals surface area contributed by atoms with E-state index in [4.69, 9.17) is 0 Å². The molecule has 0 saturated carbocycles. The van der Waals surface area contributed by atoms with Crippen molar-refractivity contribution in [3.63, 3.8) is 0 Å². The van der Waals surface area contributed by atoms with E-state index < -0.39 is 0 Å². The zero-order valence-corrected chi connectivity index (χ0v) is 16.2. The van der Waals surface area contributed by atoms with Crippen molar-refractivity contribution in [2.75, 3.05) is 18.4 Å². The molecule has 27 heavy (non-hydrogen) atoms. The molecule has 4 N–H and O–H groups in total. The van der Waals surface area contributed by atoms with Gasteiger partial charge in [-0.05, 0) is 24.9 Å². The third-order valence-electron chi connectivity index (χ3n) is 4.98. The van der Waals surface area contributed by atoms with E-state index in [0.29, 0.717) is 17.8 Å². The second-order valence-electron chi connectivity index (χ2n) is 7.09. The summed E-state index contributed by atoms with van der Waals surface area (Å²) in [6.45, 7) is 5.91. The first-order chi connectivity index (χ1) is 12.6. The number of piperidine rings is 1. The molecule has 3 atom stereocenters. The second-order valence-corrected chi connectivity index (χ2v) is 7.09. The molecule has 4 rings (SSSR count). The Morgan fingerprint density at radius 1 is 1.30 bits per heavy atom. The van der Waals surface area contributed by atoms with Gasteiger partial charge in [0.05, 0.1) is 5.69 Å². The van der Waals surface area contributed by atoms with Crippen molar-refractivity contribution in [3.8, 4) is 5.95 Å². The summed E-state index contributed by atoms with van der Waals surface area (Å²) < 4.78 is 1.59. The van der Waals surface area contributed by atoms with Crippen LogP contribution >= 0.6 is 12.4 Å². The molecular weight excluding hydrogens is 368 g/mol. The number of nitrogens with zero attached hydrogens (tertiary/aromatic N) is 4. The van der Waals surface area contributed by atoms with Gasteiger partial charge in [0.1, 0.15) is 11.9 Å². The van der Waals surface area contributed by atoms with Gasteiger partial charge in [0.15, 0.2) is 0 Å². The van der Waals surface area contributed by atoms with Crippen LogP contribution in [0.1, 0.15) is 31.9 Å². The first-order valence-electron chi connectivity index (χ1n) is 9.03. The molecule has 2 aliphatic rings. The maximum absolute atomic E-state index is 12.9. The van der Waals surface area contributed by atoms with Gasteiger partial charge in [-0.3, -0.25) is 10.2 Å². The summed E-state index contributed by atoms with van der Waals surface area (Å²) >= 11 is 0. The Balaban J connectivity index is 0.00000210. The van der Waals surface area contributed by atoms with E-state index in [1.807, 2.05) is 6.07 Å². The maximum atomic E-state index is 12.9. The molecule has 2 fully saturated rings. The average Bonchev–Trinajstić information content (AvgIpc) is 3.27. The summed E-state index contributed by atoms with van der Waals surface area (Å²) in [6, 6.07) is 3.66. The fraction of sp³-hybridized carbons (Fsp3) is 0.529. The van der Waals surface area contributed by atoms with Gasteiger partial charge in [-0.15, -0.1) is 12.4 Å². The fourth-order valence-corrected chi connectivity index (χ4v) is 3.50. The molecule has 10 heteroatoms. The second kappa shape index (κ2) is 8.30. The smallest absolute Gasteiger partial charge is 0.252 e. The summed E-state index contributed by atoms with van der Waals surface area (Å²) in [5, 5.41) is 10.9. The standard InChI is InChI=1S/C17H24N8O.ClH/c1-10(2)13-8-14(25(24-13)17-19-5-3-6-20-17)21-16(26)15-11-9-18-7-4-12(11)22-23-15;/h3,5-6,8,10-12,15,18,22-23H,4,7,9H2,1-2H3,(H,21,26);1H. The van der Waals surface area contributed by atoms with Gasteiger partial charge in [-0.1, -0.05) is 13.8 Å². The summed E-state index contributed by atoms with van der Waals surface area (Å²) in [7, 11) is 0. The Labute approximate surface area is 164 Å². The van der Waals surface area contributed by atoms with Gasteiger partial charge in [0.25, 0.3) is 5.95 Å². The molecule has 3 unspecified atom stereocenters. The molecule has 4 heterocycles. The van der Waals surface area contributed by atoms with Crippen LogP contribution in [-0.4, -0.2) is 50.8 Å². The number of anilines is 1. The van der Waals surface area contributed by atoms with E-state index in [1.54, 1.807) is 23.1 Å². The summed E-state index contributed by atoms with van der Waals surface area (Å²) in [5.41, 5.74) is 7.27. The molecule has 0 aromatic carbocycles. The van der Waals surface area contributed by atoms with Gasteiger partial charge in [-0.25, -0.2) is 15.4 Å². The van der Waals surface area contributed by atoms with Crippen LogP contribution in [-0.2, 0) is 4.79 Å². The number of fused-ring (bicyclic) bond motifs is 1. The van der Waals surface area contributed by atoms with Crippen molar-refractivity contribution in [1.82, 2.24) is 35.9 Å². The Hall–Kier alpha value is -2.07. The van der Waals surface area contributed by atoms with Crippen LogP contribution in [0, 0.1) is 5.92 Å². The third-order valence-corrected chi connectivity index (χ3v) is 4.98. The lowest BCUT2D eigenvalue weighted by atomic mass is 9.89. The molecule has 2 aromatic rings. The van der Waals surface area contributed by atoms with Gasteiger partial charge in [0.2, 0.25) is 5.91 Å². The van der Waals surface area contributed by atoms with Crippen LogP contribution < -0.4 is 21.5 Å². The number of carbonyl (C=O) groups is 1. The Kier molecular flexibility index (Phi) is 6.05. The van der Waals surface area contributed by atoms with Crippen molar-refractivity contribution in [2.24, 2.45) is 5.92 Å². The number of hydrazine groups is 1. The van der Waals surface area contributed by atoms with E-state index >= 15 is 0 Å². The first-order valence-corrected chi connectivity index (χ1v) is 9.03. The van der Waals surface area contributed by atoms with Crippen molar-refractivity contribution < 1.29 is 4.79 Å². The molecule has 9 nitrogen and oxygen atoms in total. The van der Waals surface area contributed by atoms with Crippen molar-refractivity contribution >= 4 is 24.1 Å². The number of hydrogen-bond donors (Lipinski definition) is 4. The molecule has 0 aliphatic carbocycles. The minimum atomic E-state index is -0.296. The van der Waals surface area contributed by atoms with Crippen LogP contribution in [0.3, 0.4) is 0 Å². The minimum absolute atomic E-state index is 0. The fourth-order valence-electron chi connectivity index (χ4n) is 3.50. The van der Waals surface area contributed by atoms with Gasteiger partial charge in [0, 0.05) is 37.0 Å². The highest BCUT2D eigenvalue weighted by atomic mass is 35.5.